The van der Waals surface area contributed by atoms with Crippen molar-refractivity contribution in [3.05, 3.63) is 50.6 Å². The van der Waals surface area contributed by atoms with Gasteiger partial charge in [-0.15, -0.1) is 11.3 Å². The molecule has 1 aromatic heterocycles. The van der Waals surface area contributed by atoms with Crippen LogP contribution in [-0.4, -0.2) is 20.1 Å². The average molecular weight is 388 g/mol. The summed E-state index contributed by atoms with van der Waals surface area (Å²) in [6.45, 7) is 1.39. The number of hydrogen-bond donors (Lipinski definition) is 1. The van der Waals surface area contributed by atoms with Gasteiger partial charge >= 0.3 is 0 Å². The van der Waals surface area contributed by atoms with E-state index < -0.39 is 15.9 Å². The van der Waals surface area contributed by atoms with Crippen LogP contribution in [0.25, 0.3) is 0 Å². The van der Waals surface area contributed by atoms with Crippen molar-refractivity contribution in [3.8, 4) is 0 Å². The van der Waals surface area contributed by atoms with Crippen molar-refractivity contribution in [3.63, 3.8) is 0 Å². The zero-order valence-corrected chi connectivity index (χ0v) is 14.0. The molecule has 0 bridgehead atoms. The molecule has 0 aliphatic heterocycles. The Morgan fingerprint density at radius 1 is 1.10 bits per heavy atom. The van der Waals surface area contributed by atoms with Crippen LogP contribution in [0.2, 0.25) is 0 Å². The number of nitrogens with one attached hydrogen (secondary N) is 1. The van der Waals surface area contributed by atoms with Crippen molar-refractivity contribution in [2.45, 2.75) is 11.8 Å². The van der Waals surface area contributed by atoms with Gasteiger partial charge in [0.05, 0.1) is 13.6 Å². The van der Waals surface area contributed by atoms with E-state index in [1.165, 1.54) is 37.3 Å². The first-order valence-corrected chi connectivity index (χ1v) is 8.82. The second kappa shape index (κ2) is 6.08. The standard InChI is InChI=1S/C13H10BrNO4S2/c1-8(16)9-2-4-10(5-3-9)21(18,19)15-13(17)11-6-7-12(14)20-11/h2-7H,1H3,(H,15,17). The predicted octanol–water partition coefficient (Wildman–Crippen LogP) is 2.83. The fourth-order valence-electron chi connectivity index (χ4n) is 1.54. The lowest BCUT2D eigenvalue weighted by atomic mass is 10.2. The Bertz CT molecular complexity index is 794. The Labute approximate surface area is 134 Å². The molecule has 1 aromatic carbocycles. The van der Waals surface area contributed by atoms with Gasteiger partial charge in [0.2, 0.25) is 0 Å². The van der Waals surface area contributed by atoms with Gasteiger partial charge in [0.1, 0.15) is 0 Å². The summed E-state index contributed by atoms with van der Waals surface area (Å²) < 4.78 is 26.9. The largest absolute Gasteiger partial charge is 0.295 e. The lowest BCUT2D eigenvalue weighted by Crippen LogP contribution is -2.30. The average Bonchev–Trinajstić information content (AvgIpc) is 2.85. The normalized spacial score (nSPS) is 11.1. The summed E-state index contributed by atoms with van der Waals surface area (Å²) in [4.78, 5) is 23.2. The highest BCUT2D eigenvalue weighted by atomic mass is 79.9. The molecule has 0 spiro atoms. The first-order chi connectivity index (χ1) is 9.79. The summed E-state index contributed by atoms with van der Waals surface area (Å²) in [7, 11) is -3.96. The molecular weight excluding hydrogens is 378 g/mol. The van der Waals surface area contributed by atoms with E-state index in [2.05, 4.69) is 15.9 Å². The van der Waals surface area contributed by atoms with Gasteiger partial charge in [0.15, 0.2) is 5.78 Å². The highest BCUT2D eigenvalue weighted by Gasteiger charge is 2.19. The van der Waals surface area contributed by atoms with Gasteiger partial charge in [-0.25, -0.2) is 13.1 Å². The van der Waals surface area contributed by atoms with Crippen LogP contribution < -0.4 is 4.72 Å². The number of amides is 1. The zero-order valence-electron chi connectivity index (χ0n) is 10.8. The van der Waals surface area contributed by atoms with Gasteiger partial charge in [-0.2, -0.15) is 0 Å². The van der Waals surface area contributed by atoms with E-state index in [-0.39, 0.29) is 15.6 Å². The monoisotopic (exact) mass is 387 g/mol. The molecule has 0 aliphatic carbocycles. The van der Waals surface area contributed by atoms with Crippen LogP contribution in [0.5, 0.6) is 0 Å². The van der Waals surface area contributed by atoms with Gasteiger partial charge in [-0.3, -0.25) is 9.59 Å². The number of Topliss-reactive ketones (excluding diaryl/α,β-unsaturated/α-hetero) is 1. The topological polar surface area (TPSA) is 80.3 Å². The summed E-state index contributed by atoms with van der Waals surface area (Å²) in [5.41, 5.74) is 0.405. The molecule has 0 saturated heterocycles. The van der Waals surface area contributed by atoms with Crippen LogP contribution in [0.15, 0.2) is 45.1 Å². The van der Waals surface area contributed by atoms with E-state index >= 15 is 0 Å². The fourth-order valence-corrected chi connectivity index (χ4v) is 3.85. The van der Waals surface area contributed by atoms with Crippen LogP contribution in [0.1, 0.15) is 27.0 Å². The van der Waals surface area contributed by atoms with Crippen molar-refractivity contribution < 1.29 is 18.0 Å². The Kier molecular flexibility index (Phi) is 4.60. The maximum absolute atomic E-state index is 12.1. The molecule has 8 heteroatoms. The smallest absolute Gasteiger partial charge is 0.275 e. The number of hydrogen-bond acceptors (Lipinski definition) is 5. The molecule has 0 fully saturated rings. The quantitative estimate of drug-likeness (QED) is 0.817. The SMILES string of the molecule is CC(=O)c1ccc(S(=O)(=O)NC(=O)c2ccc(Br)s2)cc1. The Hall–Kier alpha value is -1.51. The number of benzene rings is 1. The van der Waals surface area contributed by atoms with Gasteiger partial charge < -0.3 is 0 Å². The summed E-state index contributed by atoms with van der Waals surface area (Å²) in [5.74, 6) is -0.854. The molecule has 0 unspecified atom stereocenters. The number of carbonyl (C=O) groups is 2. The molecule has 1 heterocycles. The molecule has 0 aliphatic rings. The van der Waals surface area contributed by atoms with Crippen LogP contribution in [0.3, 0.4) is 0 Å². The van der Waals surface area contributed by atoms with Crippen LogP contribution in [0.4, 0.5) is 0 Å². The van der Waals surface area contributed by atoms with E-state index in [9.17, 15) is 18.0 Å². The van der Waals surface area contributed by atoms with E-state index in [1.807, 2.05) is 4.72 Å². The molecule has 110 valence electrons. The third-order valence-corrected chi connectivity index (χ3v) is 5.56. The van der Waals surface area contributed by atoms with E-state index in [4.69, 9.17) is 0 Å². The fraction of sp³-hybridized carbons (Fsp3) is 0.0769. The van der Waals surface area contributed by atoms with Crippen molar-refractivity contribution in [1.82, 2.24) is 4.72 Å². The number of sulfonamides is 1. The highest BCUT2D eigenvalue weighted by molar-refractivity contribution is 9.11. The molecule has 21 heavy (non-hydrogen) atoms. The second-order valence-electron chi connectivity index (χ2n) is 4.12. The number of rotatable bonds is 4. The molecule has 0 radical (unpaired) electrons. The Balaban J connectivity index is 2.22. The van der Waals surface area contributed by atoms with Crippen LogP contribution in [0, 0.1) is 0 Å². The van der Waals surface area contributed by atoms with Gasteiger partial charge in [0, 0.05) is 5.56 Å². The van der Waals surface area contributed by atoms with Gasteiger partial charge in [-0.05, 0) is 47.1 Å². The van der Waals surface area contributed by atoms with Crippen molar-refractivity contribution in [1.29, 1.82) is 0 Å². The Morgan fingerprint density at radius 3 is 2.19 bits per heavy atom. The summed E-state index contributed by atoms with van der Waals surface area (Å²) >= 11 is 4.34. The molecule has 1 amide bonds. The molecule has 2 aromatic rings. The second-order valence-corrected chi connectivity index (χ2v) is 8.26. The van der Waals surface area contributed by atoms with E-state index in [0.29, 0.717) is 5.56 Å². The number of halogens is 1. The third kappa shape index (κ3) is 3.78. The first kappa shape index (κ1) is 15.9. The summed E-state index contributed by atoms with van der Waals surface area (Å²) in [5, 5.41) is 0. The minimum Gasteiger partial charge on any atom is -0.295 e. The molecular formula is C13H10BrNO4S2. The summed E-state index contributed by atoms with van der Waals surface area (Å²) in [6, 6.07) is 8.58. The number of ketones is 1. The predicted molar refractivity (Wildman–Crippen MR) is 83.1 cm³/mol. The van der Waals surface area contributed by atoms with Gasteiger partial charge in [0.25, 0.3) is 15.9 Å². The molecule has 0 atom stereocenters. The number of thiophene rings is 1. The first-order valence-electron chi connectivity index (χ1n) is 5.73. The summed E-state index contributed by atoms with van der Waals surface area (Å²) in [6.07, 6.45) is 0. The minimum atomic E-state index is -3.96. The van der Waals surface area contributed by atoms with E-state index in [0.717, 1.165) is 15.1 Å². The number of carbonyl (C=O) groups excluding carboxylic acids is 2. The maximum Gasteiger partial charge on any atom is 0.275 e. The lowest BCUT2D eigenvalue weighted by molar-refractivity contribution is 0.0982. The van der Waals surface area contributed by atoms with Crippen LogP contribution in [-0.2, 0) is 10.0 Å². The lowest BCUT2D eigenvalue weighted by Gasteiger charge is -2.06. The van der Waals surface area contributed by atoms with Crippen molar-refractivity contribution in [2.24, 2.45) is 0 Å². The van der Waals surface area contributed by atoms with E-state index in [1.54, 1.807) is 6.07 Å². The molecule has 1 N–H and O–H groups in total. The molecule has 2 rings (SSSR count). The zero-order chi connectivity index (χ0) is 15.6. The third-order valence-electron chi connectivity index (χ3n) is 2.60. The molecule has 0 saturated carbocycles. The van der Waals surface area contributed by atoms with Crippen LogP contribution >= 0.6 is 27.3 Å². The minimum absolute atomic E-state index is 0.0727. The van der Waals surface area contributed by atoms with Crippen molar-refractivity contribution in [2.75, 3.05) is 0 Å². The maximum atomic E-state index is 12.1. The highest BCUT2D eigenvalue weighted by Crippen LogP contribution is 2.22. The Morgan fingerprint density at radius 2 is 1.71 bits per heavy atom. The van der Waals surface area contributed by atoms with Gasteiger partial charge in [-0.1, -0.05) is 12.1 Å². The van der Waals surface area contributed by atoms with Crippen molar-refractivity contribution >= 4 is 49.0 Å². The molecule has 5 nitrogen and oxygen atoms in total.